The molecule has 0 unspecified atom stereocenters. The van der Waals surface area contributed by atoms with Gasteiger partial charge in [-0.2, -0.15) is 4.39 Å². The highest BCUT2D eigenvalue weighted by atomic mass is 32.1. The van der Waals surface area contributed by atoms with Crippen LogP contribution in [0.25, 0.3) is 15.9 Å². The van der Waals surface area contributed by atoms with Crippen LogP contribution in [0.3, 0.4) is 0 Å². The molecule has 1 aromatic carbocycles. The number of aromatic hydroxyl groups is 1. The number of aromatic nitrogens is 3. The highest BCUT2D eigenvalue weighted by Gasteiger charge is 2.15. The Bertz CT molecular complexity index is 896. The van der Waals surface area contributed by atoms with Crippen molar-refractivity contribution in [2.75, 3.05) is 0 Å². The minimum atomic E-state index is -1.40. The average Bonchev–Trinajstić information content (AvgIpc) is 2.83. The number of hydrogen-bond acceptors (Lipinski definition) is 5. The van der Waals surface area contributed by atoms with Gasteiger partial charge in [-0.1, -0.05) is 0 Å². The van der Waals surface area contributed by atoms with Gasteiger partial charge >= 0.3 is 5.69 Å². The van der Waals surface area contributed by atoms with Gasteiger partial charge in [-0.15, -0.1) is 11.3 Å². The summed E-state index contributed by atoms with van der Waals surface area (Å²) < 4.78 is 14.8. The lowest BCUT2D eigenvalue weighted by Crippen LogP contribution is -2.30. The summed E-state index contributed by atoms with van der Waals surface area (Å²) in [5.74, 6) is -2.42. The fourth-order valence-corrected chi connectivity index (χ4v) is 2.44. The number of aromatic amines is 1. The number of benzene rings is 1. The number of thiazole rings is 1. The van der Waals surface area contributed by atoms with Gasteiger partial charge in [0.1, 0.15) is 0 Å². The van der Waals surface area contributed by atoms with Crippen molar-refractivity contribution in [1.82, 2.24) is 14.5 Å². The van der Waals surface area contributed by atoms with Crippen LogP contribution in [0.1, 0.15) is 0 Å². The van der Waals surface area contributed by atoms with E-state index in [9.17, 15) is 19.1 Å². The van der Waals surface area contributed by atoms with Crippen LogP contribution in [0.5, 0.6) is 5.88 Å². The second-order valence-corrected chi connectivity index (χ2v) is 4.62. The zero-order valence-electron chi connectivity index (χ0n) is 9.25. The second-order valence-electron chi connectivity index (χ2n) is 3.74. The average molecular weight is 279 g/mol. The third kappa shape index (κ3) is 1.73. The van der Waals surface area contributed by atoms with Crippen LogP contribution >= 0.6 is 11.3 Å². The molecule has 6 nitrogen and oxygen atoms in total. The van der Waals surface area contributed by atoms with Gasteiger partial charge in [0.15, 0.2) is 0 Å². The number of fused-ring (bicyclic) bond motifs is 1. The molecule has 0 saturated carbocycles. The molecule has 0 aliphatic rings. The first-order chi connectivity index (χ1) is 9.08. The summed E-state index contributed by atoms with van der Waals surface area (Å²) in [5.41, 5.74) is 0.441. The largest absolute Gasteiger partial charge is 0.492 e. The summed E-state index contributed by atoms with van der Waals surface area (Å²) in [5, 5.41) is 9.59. The molecular weight excluding hydrogens is 273 g/mol. The lowest BCUT2D eigenvalue weighted by Gasteiger charge is -2.07. The van der Waals surface area contributed by atoms with E-state index < -0.39 is 22.9 Å². The topological polar surface area (TPSA) is 88.0 Å². The van der Waals surface area contributed by atoms with Crippen LogP contribution in [0, 0.1) is 5.82 Å². The number of rotatable bonds is 1. The summed E-state index contributed by atoms with van der Waals surface area (Å²) in [6, 6.07) is 4.71. The van der Waals surface area contributed by atoms with Gasteiger partial charge in [-0.3, -0.25) is 9.78 Å². The molecule has 0 aliphatic carbocycles. The molecule has 0 bridgehead atoms. The van der Waals surface area contributed by atoms with E-state index in [1.165, 1.54) is 17.4 Å². The molecule has 2 heterocycles. The third-order valence-corrected chi connectivity index (χ3v) is 3.40. The standard InChI is InChI=1S/C11H6FN3O3S/c12-8-9(16)14-11(18)15(10(8)17)5-1-2-6-7(3-5)19-4-13-6/h1-4,17H,(H,14,16,18). The lowest BCUT2D eigenvalue weighted by molar-refractivity contribution is 0.386. The molecule has 0 amide bonds. The van der Waals surface area contributed by atoms with Crippen LogP contribution in [-0.2, 0) is 0 Å². The molecule has 0 atom stereocenters. The van der Waals surface area contributed by atoms with E-state index in [2.05, 4.69) is 4.98 Å². The van der Waals surface area contributed by atoms with Crippen LogP contribution in [-0.4, -0.2) is 19.6 Å². The van der Waals surface area contributed by atoms with Crippen molar-refractivity contribution in [2.24, 2.45) is 0 Å². The van der Waals surface area contributed by atoms with Gasteiger partial charge in [0.25, 0.3) is 5.56 Å². The predicted molar refractivity (Wildman–Crippen MR) is 67.5 cm³/mol. The third-order valence-electron chi connectivity index (χ3n) is 2.60. The van der Waals surface area contributed by atoms with E-state index >= 15 is 0 Å². The molecule has 0 radical (unpaired) electrons. The molecule has 19 heavy (non-hydrogen) atoms. The Hall–Kier alpha value is -2.48. The first-order valence-electron chi connectivity index (χ1n) is 5.15. The fourth-order valence-electron chi connectivity index (χ4n) is 1.73. The summed E-state index contributed by atoms with van der Waals surface area (Å²) in [6.07, 6.45) is 0. The number of halogens is 1. The summed E-state index contributed by atoms with van der Waals surface area (Å²) in [4.78, 5) is 28.5. The van der Waals surface area contributed by atoms with Gasteiger partial charge in [-0.05, 0) is 18.2 Å². The summed E-state index contributed by atoms with van der Waals surface area (Å²) in [6.45, 7) is 0. The fraction of sp³-hybridized carbons (Fsp3) is 0. The lowest BCUT2D eigenvalue weighted by atomic mass is 10.3. The SMILES string of the molecule is O=c1[nH]c(=O)n(-c2ccc3ncsc3c2)c(O)c1F. The quantitative estimate of drug-likeness (QED) is 0.695. The highest BCUT2D eigenvalue weighted by molar-refractivity contribution is 7.16. The zero-order chi connectivity index (χ0) is 13.6. The monoisotopic (exact) mass is 279 g/mol. The van der Waals surface area contributed by atoms with Gasteiger partial charge in [0.2, 0.25) is 11.7 Å². The van der Waals surface area contributed by atoms with E-state index in [1.807, 2.05) is 0 Å². The van der Waals surface area contributed by atoms with Crippen LogP contribution in [0.4, 0.5) is 4.39 Å². The van der Waals surface area contributed by atoms with E-state index in [4.69, 9.17) is 0 Å². The van der Waals surface area contributed by atoms with Crippen LogP contribution in [0.2, 0.25) is 0 Å². The Kier molecular flexibility index (Phi) is 2.46. The van der Waals surface area contributed by atoms with E-state index in [1.54, 1.807) is 22.6 Å². The predicted octanol–water partition coefficient (Wildman–Crippen LogP) is 0.980. The van der Waals surface area contributed by atoms with Crippen molar-refractivity contribution in [3.8, 4) is 11.6 Å². The summed E-state index contributed by atoms with van der Waals surface area (Å²) >= 11 is 1.34. The molecule has 0 aliphatic heterocycles. The molecule has 0 spiro atoms. The molecule has 2 N–H and O–H groups in total. The van der Waals surface area contributed by atoms with Crippen molar-refractivity contribution in [3.05, 3.63) is 50.4 Å². The van der Waals surface area contributed by atoms with E-state index in [-0.39, 0.29) is 5.69 Å². The minimum Gasteiger partial charge on any atom is -0.492 e. The van der Waals surface area contributed by atoms with Crippen LogP contribution in [0.15, 0.2) is 33.3 Å². The zero-order valence-corrected chi connectivity index (χ0v) is 10.1. The Morgan fingerprint density at radius 2 is 2.16 bits per heavy atom. The molecule has 96 valence electrons. The minimum absolute atomic E-state index is 0.245. The van der Waals surface area contributed by atoms with Crippen molar-refractivity contribution in [3.63, 3.8) is 0 Å². The number of nitrogens with zero attached hydrogens (tertiary/aromatic N) is 2. The second kappa shape index (κ2) is 4.02. The Labute approximate surface area is 108 Å². The van der Waals surface area contributed by atoms with Crippen molar-refractivity contribution in [1.29, 1.82) is 0 Å². The van der Waals surface area contributed by atoms with Gasteiger partial charge in [-0.25, -0.2) is 14.3 Å². The first-order valence-corrected chi connectivity index (χ1v) is 6.03. The molecule has 3 rings (SSSR count). The first kappa shape index (κ1) is 11.6. The van der Waals surface area contributed by atoms with Crippen LogP contribution < -0.4 is 11.2 Å². The maximum absolute atomic E-state index is 13.3. The molecule has 0 fully saturated rings. The molecule has 2 aromatic heterocycles. The van der Waals surface area contributed by atoms with Gasteiger partial charge < -0.3 is 5.11 Å². The van der Waals surface area contributed by atoms with Crippen molar-refractivity contribution < 1.29 is 9.50 Å². The summed E-state index contributed by atoms with van der Waals surface area (Å²) in [7, 11) is 0. The molecule has 8 heteroatoms. The van der Waals surface area contributed by atoms with Gasteiger partial charge in [0.05, 0.1) is 21.4 Å². The van der Waals surface area contributed by atoms with Gasteiger partial charge in [0, 0.05) is 0 Å². The molecule has 3 aromatic rings. The normalized spacial score (nSPS) is 11.0. The van der Waals surface area contributed by atoms with E-state index in [0.717, 1.165) is 10.2 Å². The van der Waals surface area contributed by atoms with Crippen molar-refractivity contribution >= 4 is 21.6 Å². The molecular formula is C11H6FN3O3S. The maximum Gasteiger partial charge on any atom is 0.335 e. The smallest absolute Gasteiger partial charge is 0.335 e. The van der Waals surface area contributed by atoms with E-state index in [0.29, 0.717) is 4.57 Å². The molecule has 0 saturated heterocycles. The number of nitrogens with one attached hydrogen (secondary N) is 1. The Morgan fingerprint density at radius 1 is 1.37 bits per heavy atom. The van der Waals surface area contributed by atoms with Crippen molar-refractivity contribution in [2.45, 2.75) is 0 Å². The maximum atomic E-state index is 13.3. The number of hydrogen-bond donors (Lipinski definition) is 2. The Morgan fingerprint density at radius 3 is 2.95 bits per heavy atom. The number of H-pyrrole nitrogens is 1. The Balaban J connectivity index is 2.35. The highest BCUT2D eigenvalue weighted by Crippen LogP contribution is 2.22.